The molecule has 0 aromatic heterocycles. The molecule has 0 bridgehead atoms. The van der Waals surface area contributed by atoms with Crippen molar-refractivity contribution in [1.82, 2.24) is 0 Å². The minimum Gasteiger partial charge on any atom is -0.494 e. The molecule has 29 heavy (non-hydrogen) atoms. The lowest BCUT2D eigenvalue weighted by atomic mass is 9.78. The SMILES string of the molecule is CCCOc1ccc(C#C/C=C/C2CCC(c3ccc(CCC)cc3)CC2)cc1. The van der Waals surface area contributed by atoms with Gasteiger partial charge in [0.25, 0.3) is 0 Å². The lowest BCUT2D eigenvalue weighted by Gasteiger charge is -2.27. The number of hydrogen-bond acceptors (Lipinski definition) is 1. The van der Waals surface area contributed by atoms with Crippen LogP contribution in [-0.4, -0.2) is 6.61 Å². The van der Waals surface area contributed by atoms with Gasteiger partial charge in [-0.15, -0.1) is 0 Å². The van der Waals surface area contributed by atoms with Crippen LogP contribution in [0.2, 0.25) is 0 Å². The molecular weight excluding hydrogens is 352 g/mol. The van der Waals surface area contributed by atoms with E-state index in [0.29, 0.717) is 5.92 Å². The summed E-state index contributed by atoms with van der Waals surface area (Å²) in [4.78, 5) is 0. The minimum atomic E-state index is 0.671. The standard InChI is InChI=1S/C28H34O/c1-3-7-23-10-16-26(17-11-23)27-18-12-24(13-19-27)8-5-6-9-25-14-20-28(21-15-25)29-22-4-2/h5,8,10-11,14-17,20-21,24,27H,3-4,7,12-13,18-19,22H2,1-2H3/b8-5+. The average Bonchev–Trinajstić information content (AvgIpc) is 2.77. The van der Waals surface area contributed by atoms with Gasteiger partial charge in [-0.3, -0.25) is 0 Å². The van der Waals surface area contributed by atoms with Crippen molar-refractivity contribution in [3.63, 3.8) is 0 Å². The molecule has 3 rings (SSSR count). The second kappa shape index (κ2) is 11.5. The average molecular weight is 387 g/mol. The van der Waals surface area contributed by atoms with Gasteiger partial charge in [0.2, 0.25) is 0 Å². The minimum absolute atomic E-state index is 0.671. The number of allylic oxidation sites excluding steroid dienone is 2. The van der Waals surface area contributed by atoms with E-state index in [0.717, 1.165) is 30.3 Å². The van der Waals surface area contributed by atoms with Crippen LogP contribution in [0.1, 0.15) is 75.0 Å². The number of benzene rings is 2. The molecule has 0 saturated heterocycles. The smallest absolute Gasteiger partial charge is 0.119 e. The highest BCUT2D eigenvalue weighted by Crippen LogP contribution is 2.36. The van der Waals surface area contributed by atoms with Crippen LogP contribution in [0.4, 0.5) is 0 Å². The van der Waals surface area contributed by atoms with Gasteiger partial charge in [-0.05, 0) is 91.8 Å². The number of rotatable bonds is 7. The maximum atomic E-state index is 5.61. The van der Waals surface area contributed by atoms with Crippen LogP contribution in [0, 0.1) is 17.8 Å². The molecular formula is C28H34O. The van der Waals surface area contributed by atoms with Crippen molar-refractivity contribution < 1.29 is 4.74 Å². The van der Waals surface area contributed by atoms with E-state index in [1.54, 1.807) is 0 Å². The Morgan fingerprint density at radius 3 is 2.28 bits per heavy atom. The second-order valence-electron chi connectivity index (χ2n) is 8.10. The fraction of sp³-hybridized carbons (Fsp3) is 0.429. The van der Waals surface area contributed by atoms with Crippen LogP contribution in [0.5, 0.6) is 5.75 Å². The van der Waals surface area contributed by atoms with Crippen LogP contribution >= 0.6 is 0 Å². The Kier molecular flexibility index (Phi) is 8.44. The van der Waals surface area contributed by atoms with Crippen LogP contribution in [-0.2, 0) is 6.42 Å². The third-order valence-corrected chi connectivity index (χ3v) is 5.76. The summed E-state index contributed by atoms with van der Waals surface area (Å²) in [6, 6.07) is 17.4. The fourth-order valence-corrected chi connectivity index (χ4v) is 4.05. The van der Waals surface area contributed by atoms with Crippen molar-refractivity contribution in [3.8, 4) is 17.6 Å². The summed E-state index contributed by atoms with van der Waals surface area (Å²) in [7, 11) is 0. The first kappa shape index (κ1) is 21.3. The third kappa shape index (κ3) is 6.82. The molecule has 1 aliphatic rings. The Morgan fingerprint density at radius 2 is 1.62 bits per heavy atom. The quantitative estimate of drug-likeness (QED) is 0.453. The highest BCUT2D eigenvalue weighted by atomic mass is 16.5. The summed E-state index contributed by atoms with van der Waals surface area (Å²) >= 11 is 0. The summed E-state index contributed by atoms with van der Waals surface area (Å²) in [5.74, 6) is 8.75. The molecule has 2 aromatic carbocycles. The van der Waals surface area contributed by atoms with Crippen molar-refractivity contribution in [2.45, 2.75) is 64.7 Å². The first-order valence-electron chi connectivity index (χ1n) is 11.3. The molecule has 152 valence electrons. The van der Waals surface area contributed by atoms with Gasteiger partial charge in [-0.25, -0.2) is 0 Å². The van der Waals surface area contributed by atoms with E-state index in [-0.39, 0.29) is 0 Å². The largest absolute Gasteiger partial charge is 0.494 e. The van der Waals surface area contributed by atoms with E-state index in [9.17, 15) is 0 Å². The predicted octanol–water partition coefficient (Wildman–Crippen LogP) is 7.31. The Morgan fingerprint density at radius 1 is 0.897 bits per heavy atom. The highest BCUT2D eigenvalue weighted by molar-refractivity contribution is 5.40. The van der Waals surface area contributed by atoms with Gasteiger partial charge in [0.15, 0.2) is 0 Å². The zero-order valence-corrected chi connectivity index (χ0v) is 18.0. The Labute approximate surface area is 177 Å². The van der Waals surface area contributed by atoms with Gasteiger partial charge in [0.05, 0.1) is 6.61 Å². The van der Waals surface area contributed by atoms with E-state index in [4.69, 9.17) is 4.74 Å². The molecule has 0 unspecified atom stereocenters. The normalized spacial score (nSPS) is 19.0. The van der Waals surface area contributed by atoms with E-state index >= 15 is 0 Å². The summed E-state index contributed by atoms with van der Waals surface area (Å²) in [5, 5.41) is 0. The molecule has 0 amide bonds. The molecule has 1 aliphatic carbocycles. The van der Waals surface area contributed by atoms with Crippen molar-refractivity contribution in [2.24, 2.45) is 5.92 Å². The molecule has 0 N–H and O–H groups in total. The highest BCUT2D eigenvalue weighted by Gasteiger charge is 2.20. The number of aryl methyl sites for hydroxylation is 1. The third-order valence-electron chi connectivity index (χ3n) is 5.76. The Hall–Kier alpha value is -2.46. The first-order chi connectivity index (χ1) is 14.3. The van der Waals surface area contributed by atoms with Crippen LogP contribution < -0.4 is 4.74 Å². The summed E-state index contributed by atoms with van der Waals surface area (Å²) < 4.78 is 5.61. The number of ether oxygens (including phenoxy) is 1. The molecule has 1 heteroatoms. The molecule has 2 aromatic rings. The Bertz CT molecular complexity index is 809. The second-order valence-corrected chi connectivity index (χ2v) is 8.10. The van der Waals surface area contributed by atoms with Gasteiger partial charge < -0.3 is 4.74 Å². The summed E-state index contributed by atoms with van der Waals surface area (Å²) in [6.07, 6.45) is 12.9. The zero-order chi connectivity index (χ0) is 20.3. The van der Waals surface area contributed by atoms with E-state index in [1.807, 2.05) is 30.3 Å². The van der Waals surface area contributed by atoms with Crippen molar-refractivity contribution in [3.05, 3.63) is 77.4 Å². The van der Waals surface area contributed by atoms with E-state index in [2.05, 4.69) is 56.0 Å². The van der Waals surface area contributed by atoms with Crippen LogP contribution in [0.3, 0.4) is 0 Å². The molecule has 0 radical (unpaired) electrons. The van der Waals surface area contributed by atoms with Crippen molar-refractivity contribution in [1.29, 1.82) is 0 Å². The van der Waals surface area contributed by atoms with Crippen molar-refractivity contribution >= 4 is 0 Å². The zero-order valence-electron chi connectivity index (χ0n) is 18.0. The molecule has 1 nitrogen and oxygen atoms in total. The molecule has 0 aliphatic heterocycles. The van der Waals surface area contributed by atoms with Gasteiger partial charge >= 0.3 is 0 Å². The first-order valence-corrected chi connectivity index (χ1v) is 11.3. The van der Waals surface area contributed by atoms with Gasteiger partial charge in [-0.2, -0.15) is 0 Å². The number of hydrogen-bond donors (Lipinski definition) is 0. The van der Waals surface area contributed by atoms with Gasteiger partial charge in [0.1, 0.15) is 5.75 Å². The monoisotopic (exact) mass is 386 g/mol. The Balaban J connectivity index is 1.44. The molecule has 0 atom stereocenters. The lowest BCUT2D eigenvalue weighted by molar-refractivity contribution is 0.317. The lowest BCUT2D eigenvalue weighted by Crippen LogP contribution is -2.11. The van der Waals surface area contributed by atoms with E-state index < -0.39 is 0 Å². The van der Waals surface area contributed by atoms with Gasteiger partial charge in [0, 0.05) is 5.56 Å². The van der Waals surface area contributed by atoms with E-state index in [1.165, 1.54) is 49.7 Å². The maximum Gasteiger partial charge on any atom is 0.119 e. The molecule has 0 heterocycles. The van der Waals surface area contributed by atoms with Gasteiger partial charge in [-0.1, -0.05) is 62.5 Å². The maximum absolute atomic E-state index is 5.61. The fourth-order valence-electron chi connectivity index (χ4n) is 4.05. The predicted molar refractivity (Wildman–Crippen MR) is 123 cm³/mol. The van der Waals surface area contributed by atoms with Crippen LogP contribution in [0.15, 0.2) is 60.7 Å². The van der Waals surface area contributed by atoms with Crippen molar-refractivity contribution in [2.75, 3.05) is 6.61 Å². The van der Waals surface area contributed by atoms with Crippen LogP contribution in [0.25, 0.3) is 0 Å². The molecule has 1 fully saturated rings. The summed E-state index contributed by atoms with van der Waals surface area (Å²) in [6.45, 7) is 5.12. The molecule has 0 spiro atoms. The topological polar surface area (TPSA) is 9.23 Å². The molecule has 1 saturated carbocycles. The summed E-state index contributed by atoms with van der Waals surface area (Å²) in [5.41, 5.74) is 4.03.